The van der Waals surface area contributed by atoms with E-state index in [1.807, 2.05) is 13.0 Å². The van der Waals surface area contributed by atoms with E-state index in [-0.39, 0.29) is 17.5 Å². The van der Waals surface area contributed by atoms with Crippen LogP contribution in [0.5, 0.6) is 0 Å². The maximum Gasteiger partial charge on any atom is 0.142 e. The quantitative estimate of drug-likeness (QED) is 0.449. The summed E-state index contributed by atoms with van der Waals surface area (Å²) in [4.78, 5) is 0. The molecule has 0 aromatic rings. The number of hydrogen-bond donors (Lipinski definition) is 0. The van der Waals surface area contributed by atoms with Crippen molar-refractivity contribution in [2.24, 2.45) is 0 Å². The molecule has 1 nitrogen and oxygen atoms in total. The third-order valence-electron chi connectivity index (χ3n) is 1.77. The van der Waals surface area contributed by atoms with Crippen molar-refractivity contribution in [3.8, 4) is 0 Å². The second-order valence-corrected chi connectivity index (χ2v) is 2.59. The minimum atomic E-state index is -0.307. The molecular formula is C7H7FO. The summed E-state index contributed by atoms with van der Waals surface area (Å²) in [6.07, 6.45) is 4.74. The summed E-state index contributed by atoms with van der Waals surface area (Å²) in [5.74, 6) is -0.153. The van der Waals surface area contributed by atoms with E-state index in [0.29, 0.717) is 0 Å². The number of allylic oxidation sites excluding steroid dienone is 2. The van der Waals surface area contributed by atoms with Crippen molar-refractivity contribution < 1.29 is 9.13 Å². The molecule has 0 saturated carbocycles. The molecule has 0 aromatic carbocycles. The second-order valence-electron chi connectivity index (χ2n) is 2.59. The number of epoxide rings is 1. The maximum absolute atomic E-state index is 12.5. The topological polar surface area (TPSA) is 12.5 Å². The normalized spacial score (nSPS) is 46.0. The van der Waals surface area contributed by atoms with E-state index in [1.54, 1.807) is 6.08 Å². The Kier molecular flexibility index (Phi) is 0.728. The van der Waals surface area contributed by atoms with Crippen LogP contribution in [0.4, 0.5) is 4.39 Å². The fourth-order valence-electron chi connectivity index (χ4n) is 1.10. The molecule has 2 unspecified atom stereocenters. The Morgan fingerprint density at radius 2 is 2.56 bits per heavy atom. The zero-order valence-electron chi connectivity index (χ0n) is 5.10. The van der Waals surface area contributed by atoms with Crippen LogP contribution in [-0.2, 0) is 4.74 Å². The van der Waals surface area contributed by atoms with Gasteiger partial charge in [0.2, 0.25) is 0 Å². The van der Waals surface area contributed by atoms with E-state index in [2.05, 4.69) is 0 Å². The van der Waals surface area contributed by atoms with Crippen LogP contribution in [-0.4, -0.2) is 11.7 Å². The summed E-state index contributed by atoms with van der Waals surface area (Å²) < 4.78 is 17.6. The Hall–Kier alpha value is -0.630. The van der Waals surface area contributed by atoms with Crippen molar-refractivity contribution in [2.75, 3.05) is 0 Å². The Balaban J connectivity index is 2.34. The third kappa shape index (κ3) is 0.566. The van der Waals surface area contributed by atoms with E-state index in [1.165, 1.54) is 6.08 Å². The van der Waals surface area contributed by atoms with Gasteiger partial charge in [-0.1, -0.05) is 6.08 Å². The van der Waals surface area contributed by atoms with Gasteiger partial charge in [0.05, 0.1) is 0 Å². The molecule has 9 heavy (non-hydrogen) atoms. The molecule has 1 saturated heterocycles. The van der Waals surface area contributed by atoms with Gasteiger partial charge in [0.25, 0.3) is 0 Å². The summed E-state index contributed by atoms with van der Waals surface area (Å²) >= 11 is 0. The highest BCUT2D eigenvalue weighted by Crippen LogP contribution is 2.44. The molecule has 2 rings (SSSR count). The lowest BCUT2D eigenvalue weighted by Crippen LogP contribution is -2.08. The minimum Gasteiger partial charge on any atom is -0.354 e. The third-order valence-corrected chi connectivity index (χ3v) is 1.77. The fraction of sp³-hybridized carbons (Fsp3) is 0.429. The first-order valence-corrected chi connectivity index (χ1v) is 2.95. The Morgan fingerprint density at radius 3 is 3.11 bits per heavy atom. The van der Waals surface area contributed by atoms with E-state index in [9.17, 15) is 4.39 Å². The van der Waals surface area contributed by atoms with Crippen LogP contribution in [0, 0.1) is 0 Å². The zero-order chi connectivity index (χ0) is 6.48. The van der Waals surface area contributed by atoms with Crippen LogP contribution in [0.1, 0.15) is 6.92 Å². The van der Waals surface area contributed by atoms with Crippen LogP contribution in [0.15, 0.2) is 24.1 Å². The first-order valence-electron chi connectivity index (χ1n) is 2.95. The van der Waals surface area contributed by atoms with Gasteiger partial charge in [-0.3, -0.25) is 0 Å². The van der Waals surface area contributed by atoms with Crippen molar-refractivity contribution in [1.82, 2.24) is 0 Å². The van der Waals surface area contributed by atoms with Crippen molar-refractivity contribution in [2.45, 2.75) is 18.6 Å². The monoisotopic (exact) mass is 126 g/mol. The van der Waals surface area contributed by atoms with Crippen molar-refractivity contribution in [1.29, 1.82) is 0 Å². The van der Waals surface area contributed by atoms with E-state index in [4.69, 9.17) is 4.74 Å². The van der Waals surface area contributed by atoms with Crippen LogP contribution in [0.25, 0.3) is 0 Å². The van der Waals surface area contributed by atoms with Crippen molar-refractivity contribution in [3.63, 3.8) is 0 Å². The lowest BCUT2D eigenvalue weighted by Gasteiger charge is -1.99. The second kappa shape index (κ2) is 1.27. The Bertz CT molecular complexity index is 207. The first-order chi connectivity index (χ1) is 4.22. The van der Waals surface area contributed by atoms with Gasteiger partial charge >= 0.3 is 0 Å². The molecule has 0 N–H and O–H groups in total. The van der Waals surface area contributed by atoms with Gasteiger partial charge in [-0.25, -0.2) is 4.39 Å². The van der Waals surface area contributed by atoms with Gasteiger partial charge in [0.15, 0.2) is 0 Å². The Labute approximate surface area is 52.8 Å². The number of ether oxygens (including phenoxy) is 1. The molecule has 48 valence electrons. The highest BCUT2D eigenvalue weighted by molar-refractivity contribution is 5.33. The maximum atomic E-state index is 12.5. The number of halogens is 1. The van der Waals surface area contributed by atoms with Gasteiger partial charge in [-0.15, -0.1) is 0 Å². The molecule has 2 aliphatic rings. The van der Waals surface area contributed by atoms with Gasteiger partial charge in [-0.05, 0) is 19.1 Å². The average molecular weight is 126 g/mol. The summed E-state index contributed by atoms with van der Waals surface area (Å²) in [6.45, 7) is 1.88. The van der Waals surface area contributed by atoms with Crippen molar-refractivity contribution in [3.05, 3.63) is 24.1 Å². The predicted molar refractivity (Wildman–Crippen MR) is 31.6 cm³/mol. The zero-order valence-corrected chi connectivity index (χ0v) is 5.10. The summed E-state index contributed by atoms with van der Waals surface area (Å²) in [7, 11) is 0. The van der Waals surface area contributed by atoms with Crippen LogP contribution >= 0.6 is 0 Å². The Morgan fingerprint density at radius 1 is 1.78 bits per heavy atom. The lowest BCUT2D eigenvalue weighted by molar-refractivity contribution is 0.342. The molecule has 0 spiro atoms. The van der Waals surface area contributed by atoms with Gasteiger partial charge in [0, 0.05) is 0 Å². The predicted octanol–water partition coefficient (Wildman–Crippen LogP) is 1.57. The molecular weight excluding hydrogens is 119 g/mol. The van der Waals surface area contributed by atoms with E-state index in [0.717, 1.165) is 0 Å². The van der Waals surface area contributed by atoms with E-state index >= 15 is 0 Å². The highest BCUT2D eigenvalue weighted by Gasteiger charge is 2.54. The number of hydrogen-bond acceptors (Lipinski definition) is 1. The molecule has 2 heteroatoms. The SMILES string of the molecule is CC12C=CC=C(F)C1O2. The van der Waals surface area contributed by atoms with Crippen molar-refractivity contribution >= 4 is 0 Å². The van der Waals surface area contributed by atoms with Crippen LogP contribution in [0.3, 0.4) is 0 Å². The molecule has 1 fully saturated rings. The molecule has 0 radical (unpaired) electrons. The first kappa shape index (κ1) is 5.18. The lowest BCUT2D eigenvalue weighted by atomic mass is 10.0. The summed E-state index contributed by atoms with van der Waals surface area (Å²) in [5.41, 5.74) is -0.307. The molecule has 0 amide bonds. The van der Waals surface area contributed by atoms with Gasteiger partial charge in [0.1, 0.15) is 17.5 Å². The standard InChI is InChI=1S/C7H7FO/c1-7-4-2-3-5(8)6(7)9-7/h2-4,6H,1H3. The highest BCUT2D eigenvalue weighted by atomic mass is 19.1. The summed E-state index contributed by atoms with van der Waals surface area (Å²) in [5, 5.41) is 0. The van der Waals surface area contributed by atoms with Gasteiger partial charge < -0.3 is 4.74 Å². The molecule has 2 atom stereocenters. The minimum absolute atomic E-state index is 0.153. The number of rotatable bonds is 0. The van der Waals surface area contributed by atoms with Crippen LogP contribution in [0.2, 0.25) is 0 Å². The fourth-order valence-corrected chi connectivity index (χ4v) is 1.10. The molecule has 1 heterocycles. The van der Waals surface area contributed by atoms with E-state index < -0.39 is 0 Å². The smallest absolute Gasteiger partial charge is 0.142 e. The molecule has 1 aliphatic heterocycles. The summed E-state index contributed by atoms with van der Waals surface area (Å²) in [6, 6.07) is 0. The average Bonchev–Trinajstić information content (AvgIpc) is 2.43. The number of fused-ring (bicyclic) bond motifs is 1. The molecule has 0 aromatic heterocycles. The molecule has 0 bridgehead atoms. The van der Waals surface area contributed by atoms with Gasteiger partial charge in [-0.2, -0.15) is 0 Å². The molecule has 1 aliphatic carbocycles. The van der Waals surface area contributed by atoms with Crippen LogP contribution < -0.4 is 0 Å². The largest absolute Gasteiger partial charge is 0.354 e.